The van der Waals surface area contributed by atoms with Crippen LogP contribution in [0.5, 0.6) is 0 Å². The van der Waals surface area contributed by atoms with Gasteiger partial charge in [0.1, 0.15) is 0 Å². The predicted molar refractivity (Wildman–Crippen MR) is 275 cm³/mol. The third-order valence-electron chi connectivity index (χ3n) is 12.9. The highest BCUT2D eigenvalue weighted by Crippen LogP contribution is 2.62. The number of hydrogen-bond acceptors (Lipinski definition) is 4. The molecule has 0 aliphatic carbocycles. The fraction of sp³-hybridized carbons (Fsp3) is 0. The molecule has 0 saturated heterocycles. The summed E-state index contributed by atoms with van der Waals surface area (Å²) in [5, 5.41) is 0. The highest BCUT2D eigenvalue weighted by atomic mass is 28.4. The molecule has 65 heavy (non-hydrogen) atoms. The monoisotopic (exact) mass is 848 g/mol. The van der Waals surface area contributed by atoms with Crippen LogP contribution in [0.3, 0.4) is 0 Å². The second-order valence-electron chi connectivity index (χ2n) is 16.6. The van der Waals surface area contributed by atoms with Gasteiger partial charge in [-0.2, -0.15) is 0 Å². The molecule has 10 aromatic carbocycles. The van der Waals surface area contributed by atoms with Crippen LogP contribution in [0.4, 0.5) is 45.5 Å². The minimum Gasteiger partial charge on any atom is -0.314 e. The number of anilines is 8. The van der Waals surface area contributed by atoms with Crippen LogP contribution < -0.4 is 18.3 Å². The number of rotatable bonds is 8. The van der Waals surface area contributed by atoms with Gasteiger partial charge >= 0.3 is 8.72 Å². The van der Waals surface area contributed by atoms with Gasteiger partial charge in [0.05, 0.1) is 22.7 Å². The lowest BCUT2D eigenvalue weighted by Gasteiger charge is -2.49. The maximum atomic E-state index is 2.69. The van der Waals surface area contributed by atoms with Gasteiger partial charge in [0.15, 0.2) is 0 Å². The molecule has 2 heterocycles. The standard InChI is InChI=1S/C60H44N4Si/c1-5-17-45(18-6-1)49-29-37-53(38-30-49)61-57-25-13-14-26-58(57)62(54-39-31-50(32-40-54)46-19-7-2-8-20-46)65(61)63(55-41-33-51(34-42-55)47-21-9-3-10-22-47)59-27-15-16-28-60(59)64(65)56-43-35-52(36-44-56)48-23-11-4-12-24-48/h1-44H. The normalized spacial score (nSPS) is 13.5. The molecule has 10 aromatic rings. The number of benzene rings is 10. The molecule has 2 aliphatic rings. The third kappa shape index (κ3) is 6.44. The Labute approximate surface area is 382 Å². The van der Waals surface area contributed by atoms with Gasteiger partial charge in [-0.1, -0.05) is 194 Å². The zero-order valence-corrected chi connectivity index (χ0v) is 36.7. The van der Waals surface area contributed by atoms with Gasteiger partial charge in [0.2, 0.25) is 0 Å². The van der Waals surface area contributed by atoms with Crippen molar-refractivity contribution in [2.75, 3.05) is 18.3 Å². The van der Waals surface area contributed by atoms with Gasteiger partial charge < -0.3 is 18.3 Å². The van der Waals surface area contributed by atoms with Crippen LogP contribution in [0.25, 0.3) is 44.5 Å². The summed E-state index contributed by atoms with van der Waals surface area (Å²) in [6.45, 7) is 0. The molecule has 12 rings (SSSR count). The topological polar surface area (TPSA) is 13.0 Å². The SMILES string of the molecule is c1ccc(-c2ccc(N3c4ccccc4N(c4ccc(-c5ccccc5)cc4)[Si]34N(c3ccc(-c5ccccc5)cc3)c3ccccc3N4c3ccc(-c4ccccc4)cc3)cc2)cc1. The largest absolute Gasteiger partial charge is 0.521 e. The Kier molecular flexibility index (Phi) is 9.47. The van der Waals surface area contributed by atoms with Gasteiger partial charge in [-0.15, -0.1) is 0 Å². The summed E-state index contributed by atoms with van der Waals surface area (Å²) in [5.74, 6) is 0. The van der Waals surface area contributed by atoms with Crippen molar-refractivity contribution in [1.29, 1.82) is 0 Å². The Balaban J connectivity index is 1.14. The minimum atomic E-state index is -3.61. The Morgan fingerprint density at radius 2 is 0.338 bits per heavy atom. The van der Waals surface area contributed by atoms with Gasteiger partial charge in [0.25, 0.3) is 0 Å². The van der Waals surface area contributed by atoms with Crippen molar-refractivity contribution < 1.29 is 0 Å². The van der Waals surface area contributed by atoms with Crippen LogP contribution in [0.1, 0.15) is 0 Å². The van der Waals surface area contributed by atoms with Crippen LogP contribution in [-0.4, -0.2) is 8.72 Å². The quantitative estimate of drug-likeness (QED) is 0.141. The summed E-state index contributed by atoms with van der Waals surface area (Å²) in [7, 11) is -3.61. The summed E-state index contributed by atoms with van der Waals surface area (Å²) in [6, 6.07) is 97.6. The van der Waals surface area contributed by atoms with E-state index in [1.54, 1.807) is 0 Å². The van der Waals surface area contributed by atoms with E-state index < -0.39 is 8.72 Å². The van der Waals surface area contributed by atoms with Gasteiger partial charge in [-0.25, -0.2) is 0 Å². The molecule has 0 radical (unpaired) electrons. The zero-order chi connectivity index (χ0) is 43.2. The van der Waals surface area contributed by atoms with E-state index in [1.165, 1.54) is 44.5 Å². The molecule has 0 aromatic heterocycles. The van der Waals surface area contributed by atoms with Crippen molar-refractivity contribution in [3.63, 3.8) is 0 Å². The Morgan fingerprint density at radius 3 is 0.538 bits per heavy atom. The number of fused-ring (bicyclic) bond motifs is 2. The number of nitrogens with zero attached hydrogens (tertiary/aromatic N) is 4. The molecule has 0 fully saturated rings. The molecule has 0 bridgehead atoms. The summed E-state index contributed by atoms with van der Waals surface area (Å²) >= 11 is 0. The third-order valence-corrected chi connectivity index (χ3v) is 17.3. The van der Waals surface area contributed by atoms with Crippen molar-refractivity contribution in [2.45, 2.75) is 0 Å². The first-order chi connectivity index (χ1) is 32.3. The highest BCUT2D eigenvalue weighted by Gasteiger charge is 2.69. The van der Waals surface area contributed by atoms with Crippen molar-refractivity contribution in [3.05, 3.63) is 267 Å². The minimum absolute atomic E-state index is 1.12. The molecule has 1 spiro atoms. The lowest BCUT2D eigenvalue weighted by molar-refractivity contribution is 1.18. The Bertz CT molecular complexity index is 2790. The molecule has 0 N–H and O–H groups in total. The molecule has 308 valence electrons. The first-order valence-corrected chi connectivity index (χ1v) is 24.1. The van der Waals surface area contributed by atoms with Gasteiger partial charge in [-0.05, 0) is 117 Å². The fourth-order valence-corrected chi connectivity index (χ4v) is 15.1. The van der Waals surface area contributed by atoms with E-state index in [1.807, 2.05) is 0 Å². The van der Waals surface area contributed by atoms with Crippen LogP contribution in [0, 0.1) is 0 Å². The van der Waals surface area contributed by atoms with E-state index in [2.05, 4.69) is 285 Å². The first-order valence-electron chi connectivity index (χ1n) is 22.3. The molecule has 4 nitrogen and oxygen atoms in total. The van der Waals surface area contributed by atoms with Gasteiger partial charge in [-0.3, -0.25) is 0 Å². The predicted octanol–water partition coefficient (Wildman–Crippen LogP) is 16.1. The van der Waals surface area contributed by atoms with E-state index in [-0.39, 0.29) is 0 Å². The summed E-state index contributed by atoms with van der Waals surface area (Å²) in [4.78, 5) is 0. The Morgan fingerprint density at radius 1 is 0.169 bits per heavy atom. The number of para-hydroxylation sites is 4. The molecule has 0 saturated carbocycles. The van der Waals surface area contributed by atoms with E-state index in [0.29, 0.717) is 0 Å². The summed E-state index contributed by atoms with van der Waals surface area (Å²) < 4.78 is 10.8. The van der Waals surface area contributed by atoms with E-state index in [9.17, 15) is 0 Å². The smallest absolute Gasteiger partial charge is 0.314 e. The van der Waals surface area contributed by atoms with E-state index in [4.69, 9.17) is 0 Å². The van der Waals surface area contributed by atoms with E-state index >= 15 is 0 Å². The molecule has 0 atom stereocenters. The van der Waals surface area contributed by atoms with Crippen LogP contribution in [-0.2, 0) is 0 Å². The average Bonchev–Trinajstić information content (AvgIpc) is 3.86. The second kappa shape index (κ2) is 16.1. The maximum absolute atomic E-state index is 3.61. The van der Waals surface area contributed by atoms with Crippen molar-refractivity contribution in [2.24, 2.45) is 0 Å². The van der Waals surface area contributed by atoms with Crippen molar-refractivity contribution >= 4 is 54.2 Å². The summed E-state index contributed by atoms with van der Waals surface area (Å²) in [5.41, 5.74) is 18.6. The molecule has 5 heteroatoms. The fourth-order valence-electron chi connectivity index (χ4n) is 9.91. The van der Waals surface area contributed by atoms with Crippen LogP contribution in [0.15, 0.2) is 267 Å². The highest BCUT2D eigenvalue weighted by molar-refractivity contribution is 6.99. The van der Waals surface area contributed by atoms with Crippen molar-refractivity contribution in [1.82, 2.24) is 0 Å². The molecular formula is C60H44N4Si. The zero-order valence-electron chi connectivity index (χ0n) is 35.7. The van der Waals surface area contributed by atoms with E-state index in [0.717, 1.165) is 45.5 Å². The molecule has 0 amide bonds. The average molecular weight is 849 g/mol. The molecule has 0 unspecified atom stereocenters. The van der Waals surface area contributed by atoms with Crippen molar-refractivity contribution in [3.8, 4) is 44.5 Å². The maximum Gasteiger partial charge on any atom is 0.521 e. The lowest BCUT2D eigenvalue weighted by atomic mass is 10.1. The van der Waals surface area contributed by atoms with Crippen LogP contribution in [0.2, 0.25) is 0 Å². The number of hydrogen-bond donors (Lipinski definition) is 0. The summed E-state index contributed by atoms with van der Waals surface area (Å²) in [6.07, 6.45) is 0. The second-order valence-corrected chi connectivity index (χ2v) is 19.6. The van der Waals surface area contributed by atoms with Crippen LogP contribution >= 0.6 is 0 Å². The molecule has 2 aliphatic heterocycles. The Hall–Kier alpha value is -8.38. The van der Waals surface area contributed by atoms with Gasteiger partial charge in [0, 0.05) is 22.7 Å². The first kappa shape index (κ1) is 38.3. The molecular weight excluding hydrogens is 805 g/mol. The lowest BCUT2D eigenvalue weighted by Crippen LogP contribution is -2.76.